The smallest absolute Gasteiger partial charge is 0.410 e. The number of non-ortho nitro benzene ring substituents is 2. The zero-order valence-electron chi connectivity index (χ0n) is 29.4. The molecule has 4 aliphatic heterocycles. The Kier molecular flexibility index (Phi) is 10.9. The number of rotatable bonds is 12. The van der Waals surface area contributed by atoms with Crippen LogP contribution in [0.15, 0.2) is 59.1 Å². The molecule has 52 heavy (non-hydrogen) atoms. The van der Waals surface area contributed by atoms with Gasteiger partial charge in [-0.1, -0.05) is 6.92 Å². The minimum atomic E-state index is -0.854. The van der Waals surface area contributed by atoms with Crippen LogP contribution >= 0.6 is 11.8 Å². The molecule has 3 saturated heterocycles. The predicted octanol–water partition coefficient (Wildman–Crippen LogP) is 4.62. The molecule has 0 saturated carbocycles. The maximum Gasteiger partial charge on any atom is 0.410 e. The Bertz CT molecular complexity index is 1740. The summed E-state index contributed by atoms with van der Waals surface area (Å²) in [7, 11) is 2.25. The Morgan fingerprint density at radius 1 is 0.962 bits per heavy atom. The second-order valence-electron chi connectivity index (χ2n) is 14.6. The monoisotopic (exact) mass is 738 g/mol. The molecule has 2 aromatic rings. The highest BCUT2D eigenvalue weighted by Crippen LogP contribution is 2.52. The molecule has 3 fully saturated rings. The molecule has 2 aromatic carbocycles. The largest absolute Gasteiger partial charge is 0.456 e. The molecular formula is C36H44N5O10S+. The maximum absolute atomic E-state index is 13.6. The van der Waals surface area contributed by atoms with Gasteiger partial charge in [0, 0.05) is 60.5 Å². The van der Waals surface area contributed by atoms with Crippen LogP contribution in [0, 0.1) is 38.0 Å². The number of nitro groups is 2. The van der Waals surface area contributed by atoms with Gasteiger partial charge in [0.15, 0.2) is 0 Å². The number of β-lactam (4-membered cyclic amide) rings is 1. The van der Waals surface area contributed by atoms with E-state index >= 15 is 0 Å². The van der Waals surface area contributed by atoms with Crippen molar-refractivity contribution in [1.82, 2.24) is 9.80 Å². The third-order valence-electron chi connectivity index (χ3n) is 10.8. The SMILES string of the molecule is CC(O)[C@H]1C(=O)N2C(C(=O)OCc3ccc([N+](=O)[O-])cc3)=C(S[C@@H]3CC[N+](C)(CC4CCN(C(=O)OCc5ccc([N+](=O)[O-])cc5)CC4)C3)[C@H](C)[C@H]12. The molecule has 15 nitrogen and oxygen atoms in total. The average Bonchev–Trinajstić information content (AvgIpc) is 3.60. The summed E-state index contributed by atoms with van der Waals surface area (Å²) in [6, 6.07) is 11.4. The van der Waals surface area contributed by atoms with Gasteiger partial charge in [-0.05, 0) is 55.2 Å². The van der Waals surface area contributed by atoms with Crippen molar-refractivity contribution >= 4 is 41.1 Å². The third-order valence-corrected chi connectivity index (χ3v) is 12.4. The summed E-state index contributed by atoms with van der Waals surface area (Å²) < 4.78 is 12.0. The van der Waals surface area contributed by atoms with Gasteiger partial charge >= 0.3 is 12.1 Å². The Hall–Kier alpha value is -4.54. The van der Waals surface area contributed by atoms with E-state index in [1.54, 1.807) is 35.7 Å². The molecule has 0 aliphatic carbocycles. The quantitative estimate of drug-likeness (QED) is 0.106. The lowest BCUT2D eigenvalue weighted by molar-refractivity contribution is -0.900. The summed E-state index contributed by atoms with van der Waals surface area (Å²) in [5.41, 5.74) is 1.42. The normalized spacial score (nSPS) is 26.5. The number of amides is 2. The highest BCUT2D eigenvalue weighted by Gasteiger charge is 2.60. The van der Waals surface area contributed by atoms with Gasteiger partial charge < -0.3 is 28.9 Å². The fourth-order valence-electron chi connectivity index (χ4n) is 8.04. The number of hydrogen-bond acceptors (Lipinski definition) is 11. The molecule has 2 amide bonds. The number of quaternary nitrogens is 1. The molecule has 4 aliphatic rings. The van der Waals surface area contributed by atoms with Crippen molar-refractivity contribution in [1.29, 1.82) is 0 Å². The van der Waals surface area contributed by atoms with Crippen molar-refractivity contribution in [2.24, 2.45) is 17.8 Å². The molecule has 6 rings (SSSR count). The molecule has 278 valence electrons. The van der Waals surface area contributed by atoms with Crippen LogP contribution in [0.25, 0.3) is 0 Å². The van der Waals surface area contributed by atoms with Crippen molar-refractivity contribution in [2.75, 3.05) is 39.8 Å². The van der Waals surface area contributed by atoms with Gasteiger partial charge in [-0.15, -0.1) is 11.8 Å². The van der Waals surface area contributed by atoms with Crippen LogP contribution in [0.2, 0.25) is 0 Å². The number of esters is 1. The number of nitrogens with zero attached hydrogens (tertiary/aromatic N) is 5. The Labute approximate surface area is 305 Å². The van der Waals surface area contributed by atoms with E-state index in [0.717, 1.165) is 48.3 Å². The van der Waals surface area contributed by atoms with Crippen LogP contribution in [-0.4, -0.2) is 104 Å². The fourth-order valence-corrected chi connectivity index (χ4v) is 9.71. The van der Waals surface area contributed by atoms with Crippen molar-refractivity contribution < 1.29 is 43.3 Å². The zero-order valence-corrected chi connectivity index (χ0v) is 30.2. The van der Waals surface area contributed by atoms with E-state index in [4.69, 9.17) is 9.47 Å². The van der Waals surface area contributed by atoms with E-state index in [1.807, 2.05) is 6.92 Å². The average molecular weight is 739 g/mol. The van der Waals surface area contributed by atoms with Crippen molar-refractivity contribution in [2.45, 2.75) is 63.7 Å². The molecular weight excluding hydrogens is 694 g/mol. The van der Waals surface area contributed by atoms with Crippen molar-refractivity contribution in [3.63, 3.8) is 0 Å². The lowest BCUT2D eigenvalue weighted by Crippen LogP contribution is -2.63. The second-order valence-corrected chi connectivity index (χ2v) is 16.0. The number of nitro benzene ring substituents is 2. The second kappa shape index (κ2) is 15.2. The standard InChI is InChI=1S/C36H44N5O10S/c1-22-31-30(23(2)42)34(43)38(31)32(35(44)50-20-25-4-8-27(9-5-25)39(46)47)33(22)52-29-14-17-41(3,19-29)18-24-12-15-37(16-13-24)36(45)51-21-26-6-10-28(11-7-26)40(48)49/h4-11,22-24,29-31,42H,12-21H2,1-3H3/q+1/t22-,23?,29-,30-,31-,41?/m1/s1. The first-order chi connectivity index (χ1) is 24.7. The zero-order chi connectivity index (χ0) is 37.3. The van der Waals surface area contributed by atoms with Crippen LogP contribution < -0.4 is 0 Å². The topological polar surface area (TPSA) is 183 Å². The molecule has 0 aromatic heterocycles. The summed E-state index contributed by atoms with van der Waals surface area (Å²) in [6.07, 6.45) is 1.38. The first kappa shape index (κ1) is 37.2. The Morgan fingerprint density at radius 3 is 2.06 bits per heavy atom. The summed E-state index contributed by atoms with van der Waals surface area (Å²) in [5, 5.41) is 32.5. The van der Waals surface area contributed by atoms with Gasteiger partial charge in [0.1, 0.15) is 18.9 Å². The lowest BCUT2D eigenvalue weighted by Gasteiger charge is -2.46. The van der Waals surface area contributed by atoms with Gasteiger partial charge in [-0.2, -0.15) is 0 Å². The summed E-state index contributed by atoms with van der Waals surface area (Å²) in [6.45, 7) is 7.51. The number of hydrogen-bond donors (Lipinski definition) is 1. The number of thioether (sulfide) groups is 1. The first-order valence-corrected chi connectivity index (χ1v) is 18.4. The molecule has 1 N–H and O–H groups in total. The molecule has 0 spiro atoms. The van der Waals surface area contributed by atoms with Crippen LogP contribution in [-0.2, 0) is 32.3 Å². The number of piperidine rings is 1. The van der Waals surface area contributed by atoms with Gasteiger partial charge in [0.2, 0.25) is 5.91 Å². The van der Waals surface area contributed by atoms with Gasteiger partial charge in [0.25, 0.3) is 11.4 Å². The minimum absolute atomic E-state index is 0.0166. The van der Waals surface area contributed by atoms with Crippen LogP contribution in [0.5, 0.6) is 0 Å². The molecule has 4 heterocycles. The fraction of sp³-hybridized carbons (Fsp3) is 0.528. The van der Waals surface area contributed by atoms with E-state index in [0.29, 0.717) is 30.1 Å². The van der Waals surface area contributed by atoms with Crippen LogP contribution in [0.4, 0.5) is 16.2 Å². The Balaban J connectivity index is 1.04. The number of carbonyl (C=O) groups is 3. The van der Waals surface area contributed by atoms with Gasteiger partial charge in [0.05, 0.1) is 59.8 Å². The summed E-state index contributed by atoms with van der Waals surface area (Å²) in [5.74, 6) is -1.25. The van der Waals surface area contributed by atoms with E-state index in [1.165, 1.54) is 41.3 Å². The number of benzene rings is 2. The van der Waals surface area contributed by atoms with Gasteiger partial charge in [-0.25, -0.2) is 9.59 Å². The highest BCUT2D eigenvalue weighted by atomic mass is 32.2. The number of carbonyl (C=O) groups excluding carboxylic acids is 3. The molecule has 16 heteroatoms. The molecule has 6 atom stereocenters. The summed E-state index contributed by atoms with van der Waals surface area (Å²) in [4.78, 5) is 64.5. The number of fused-ring (bicyclic) bond motifs is 1. The van der Waals surface area contributed by atoms with Crippen molar-refractivity contribution in [3.8, 4) is 0 Å². The van der Waals surface area contributed by atoms with E-state index < -0.39 is 33.9 Å². The molecule has 0 radical (unpaired) electrons. The van der Waals surface area contributed by atoms with Crippen molar-refractivity contribution in [3.05, 3.63) is 90.5 Å². The third kappa shape index (κ3) is 7.78. The number of aliphatic hydroxyl groups is 1. The van der Waals surface area contributed by atoms with E-state index in [2.05, 4.69) is 7.05 Å². The number of aliphatic hydroxyl groups excluding tert-OH is 1. The van der Waals surface area contributed by atoms with E-state index in [9.17, 15) is 39.7 Å². The first-order valence-electron chi connectivity index (χ1n) is 17.6. The van der Waals surface area contributed by atoms with Crippen LogP contribution in [0.1, 0.15) is 44.2 Å². The predicted molar refractivity (Wildman–Crippen MR) is 189 cm³/mol. The summed E-state index contributed by atoms with van der Waals surface area (Å²) >= 11 is 1.63. The number of likely N-dealkylation sites (tertiary alicyclic amines) is 2. The minimum Gasteiger partial charge on any atom is -0.456 e. The Morgan fingerprint density at radius 2 is 1.52 bits per heavy atom. The maximum atomic E-state index is 13.6. The van der Waals surface area contributed by atoms with Gasteiger partial charge in [-0.3, -0.25) is 25.0 Å². The molecule has 2 unspecified atom stereocenters. The number of ether oxygens (including phenoxy) is 2. The van der Waals surface area contributed by atoms with Crippen LogP contribution in [0.3, 0.4) is 0 Å². The lowest BCUT2D eigenvalue weighted by atomic mass is 9.79. The van der Waals surface area contributed by atoms with E-state index in [-0.39, 0.29) is 53.4 Å². The molecule has 0 bridgehead atoms. The highest BCUT2D eigenvalue weighted by molar-refractivity contribution is 8.03.